The van der Waals surface area contributed by atoms with Gasteiger partial charge in [0.2, 0.25) is 5.91 Å². The van der Waals surface area contributed by atoms with Gasteiger partial charge in [0.1, 0.15) is 11.8 Å². The third-order valence-corrected chi connectivity index (χ3v) is 3.70. The number of benzene rings is 1. The maximum atomic E-state index is 12.0. The summed E-state index contributed by atoms with van der Waals surface area (Å²) in [5.74, 6) is -0.651. The summed E-state index contributed by atoms with van der Waals surface area (Å²) in [7, 11) is 0. The summed E-state index contributed by atoms with van der Waals surface area (Å²) >= 11 is 0. The number of aliphatic carboxylic acids is 1. The molecular formula is C17H20N2O4. The van der Waals surface area contributed by atoms with Crippen molar-refractivity contribution in [1.29, 1.82) is 0 Å². The first-order valence-electron chi connectivity index (χ1n) is 7.45. The molecule has 2 N–H and O–H groups in total. The molecule has 0 aliphatic rings. The van der Waals surface area contributed by atoms with Gasteiger partial charge in [0, 0.05) is 18.4 Å². The largest absolute Gasteiger partial charge is 0.480 e. The van der Waals surface area contributed by atoms with Crippen LogP contribution in [0.25, 0.3) is 0 Å². The molecule has 0 spiro atoms. The standard InChI is InChI=1S/C17H20N2O4/c1-11-14(12(2)23-19-11)8-9-16(20)18-15(17(21)22)10-13-6-4-3-5-7-13/h3-7,15H,8-10H2,1-2H3,(H,18,20)(H,21,22)/t15-/m0/s1. The van der Waals surface area contributed by atoms with Gasteiger partial charge in [0.05, 0.1) is 5.69 Å². The van der Waals surface area contributed by atoms with Crippen LogP contribution < -0.4 is 5.32 Å². The van der Waals surface area contributed by atoms with Gasteiger partial charge in [-0.3, -0.25) is 4.79 Å². The second-order valence-electron chi connectivity index (χ2n) is 5.45. The maximum Gasteiger partial charge on any atom is 0.326 e. The van der Waals surface area contributed by atoms with Crippen molar-refractivity contribution in [2.45, 2.75) is 39.2 Å². The first-order valence-corrected chi connectivity index (χ1v) is 7.45. The molecule has 0 aliphatic carbocycles. The van der Waals surface area contributed by atoms with Crippen LogP contribution in [0.2, 0.25) is 0 Å². The van der Waals surface area contributed by atoms with E-state index in [1.165, 1.54) is 0 Å². The fourth-order valence-corrected chi connectivity index (χ4v) is 2.41. The molecule has 2 rings (SSSR count). The van der Waals surface area contributed by atoms with Crippen molar-refractivity contribution in [2.75, 3.05) is 0 Å². The Labute approximate surface area is 134 Å². The Bertz CT molecular complexity index is 660. The lowest BCUT2D eigenvalue weighted by molar-refractivity contribution is -0.141. The normalized spacial score (nSPS) is 11.9. The molecule has 2 aromatic rings. The molecule has 23 heavy (non-hydrogen) atoms. The predicted molar refractivity (Wildman–Crippen MR) is 84.0 cm³/mol. The Morgan fingerprint density at radius 1 is 1.26 bits per heavy atom. The SMILES string of the molecule is Cc1noc(C)c1CCC(=O)N[C@@H](Cc1ccccc1)C(=O)O. The van der Waals surface area contributed by atoms with E-state index in [-0.39, 0.29) is 18.7 Å². The molecule has 0 radical (unpaired) electrons. The minimum atomic E-state index is -1.04. The highest BCUT2D eigenvalue weighted by atomic mass is 16.5. The summed E-state index contributed by atoms with van der Waals surface area (Å²) in [6.07, 6.45) is 0.930. The van der Waals surface area contributed by atoms with E-state index >= 15 is 0 Å². The highest BCUT2D eigenvalue weighted by Gasteiger charge is 2.20. The smallest absolute Gasteiger partial charge is 0.326 e. The summed E-state index contributed by atoms with van der Waals surface area (Å²) in [6.45, 7) is 3.61. The number of nitrogens with zero attached hydrogens (tertiary/aromatic N) is 1. The van der Waals surface area contributed by atoms with Crippen LogP contribution in [0.3, 0.4) is 0 Å². The molecule has 0 bridgehead atoms. The number of hydrogen-bond donors (Lipinski definition) is 2. The van der Waals surface area contributed by atoms with E-state index in [0.29, 0.717) is 12.2 Å². The minimum Gasteiger partial charge on any atom is -0.480 e. The summed E-state index contributed by atoms with van der Waals surface area (Å²) in [4.78, 5) is 23.4. The first kappa shape index (κ1) is 16.7. The van der Waals surface area contributed by atoms with Crippen molar-refractivity contribution < 1.29 is 19.2 Å². The van der Waals surface area contributed by atoms with Crippen LogP contribution >= 0.6 is 0 Å². The molecule has 0 aliphatic heterocycles. The lowest BCUT2D eigenvalue weighted by atomic mass is 10.0. The average Bonchev–Trinajstić information content (AvgIpc) is 2.84. The van der Waals surface area contributed by atoms with Crippen molar-refractivity contribution >= 4 is 11.9 Å². The minimum absolute atomic E-state index is 0.196. The van der Waals surface area contributed by atoms with E-state index in [1.54, 1.807) is 6.92 Å². The van der Waals surface area contributed by atoms with Gasteiger partial charge in [-0.2, -0.15) is 0 Å². The van der Waals surface area contributed by atoms with Gasteiger partial charge in [0.25, 0.3) is 0 Å². The zero-order valence-corrected chi connectivity index (χ0v) is 13.2. The molecule has 0 saturated heterocycles. The van der Waals surface area contributed by atoms with Crippen molar-refractivity contribution in [1.82, 2.24) is 10.5 Å². The van der Waals surface area contributed by atoms with Crippen molar-refractivity contribution in [3.63, 3.8) is 0 Å². The van der Waals surface area contributed by atoms with E-state index in [1.807, 2.05) is 37.3 Å². The van der Waals surface area contributed by atoms with E-state index in [0.717, 1.165) is 16.8 Å². The highest BCUT2D eigenvalue weighted by molar-refractivity contribution is 5.83. The second-order valence-corrected chi connectivity index (χ2v) is 5.45. The molecule has 1 aromatic heterocycles. The zero-order chi connectivity index (χ0) is 16.8. The molecule has 122 valence electrons. The van der Waals surface area contributed by atoms with Crippen LogP contribution in [0, 0.1) is 13.8 Å². The first-order chi connectivity index (χ1) is 11.0. The Morgan fingerprint density at radius 2 is 1.96 bits per heavy atom. The van der Waals surface area contributed by atoms with Gasteiger partial charge in [0.15, 0.2) is 0 Å². The molecule has 6 heteroatoms. The van der Waals surface area contributed by atoms with Gasteiger partial charge >= 0.3 is 5.97 Å². The van der Waals surface area contributed by atoms with Crippen LogP contribution in [0.15, 0.2) is 34.9 Å². The van der Waals surface area contributed by atoms with Crippen LogP contribution in [-0.4, -0.2) is 28.2 Å². The fourth-order valence-electron chi connectivity index (χ4n) is 2.41. The number of amides is 1. The predicted octanol–water partition coefficient (Wildman–Crippen LogP) is 2.04. The highest BCUT2D eigenvalue weighted by Crippen LogP contribution is 2.14. The van der Waals surface area contributed by atoms with Crippen LogP contribution in [0.5, 0.6) is 0 Å². The summed E-state index contributed by atoms with van der Waals surface area (Å²) in [5, 5.41) is 15.7. The number of rotatable bonds is 7. The van der Waals surface area contributed by atoms with Crippen molar-refractivity contribution in [2.24, 2.45) is 0 Å². The maximum absolute atomic E-state index is 12.0. The number of hydrogen-bond acceptors (Lipinski definition) is 4. The third-order valence-electron chi connectivity index (χ3n) is 3.70. The molecule has 0 saturated carbocycles. The lowest BCUT2D eigenvalue weighted by Crippen LogP contribution is -2.42. The van der Waals surface area contributed by atoms with Crippen molar-refractivity contribution in [3.8, 4) is 0 Å². The zero-order valence-electron chi connectivity index (χ0n) is 13.2. The van der Waals surface area contributed by atoms with E-state index in [9.17, 15) is 14.7 Å². The summed E-state index contributed by atoms with van der Waals surface area (Å²) < 4.78 is 5.05. The van der Waals surface area contributed by atoms with E-state index in [2.05, 4.69) is 10.5 Å². The molecule has 1 amide bonds. The van der Waals surface area contributed by atoms with Gasteiger partial charge < -0.3 is 14.9 Å². The molecule has 1 heterocycles. The molecule has 6 nitrogen and oxygen atoms in total. The van der Waals surface area contributed by atoms with Crippen LogP contribution in [0.1, 0.15) is 29.0 Å². The van der Waals surface area contributed by atoms with Gasteiger partial charge in [-0.1, -0.05) is 35.5 Å². The summed E-state index contributed by atoms with van der Waals surface area (Å²) in [6, 6.07) is 8.29. The number of carboxylic acid groups (broad SMARTS) is 1. The second kappa shape index (κ2) is 7.58. The Balaban J connectivity index is 1.92. The summed E-state index contributed by atoms with van der Waals surface area (Å²) in [5.41, 5.74) is 2.52. The Hall–Kier alpha value is -2.63. The topological polar surface area (TPSA) is 92.4 Å². The number of aromatic nitrogens is 1. The quantitative estimate of drug-likeness (QED) is 0.815. The van der Waals surface area contributed by atoms with Gasteiger partial charge in [-0.05, 0) is 25.8 Å². The fraction of sp³-hybridized carbons (Fsp3) is 0.353. The Morgan fingerprint density at radius 3 is 2.52 bits per heavy atom. The van der Waals surface area contributed by atoms with Crippen LogP contribution in [-0.2, 0) is 22.4 Å². The molecule has 0 fully saturated rings. The third kappa shape index (κ3) is 4.67. The lowest BCUT2D eigenvalue weighted by Gasteiger charge is -2.14. The molecule has 1 atom stereocenters. The monoisotopic (exact) mass is 316 g/mol. The number of nitrogens with one attached hydrogen (secondary N) is 1. The van der Waals surface area contributed by atoms with E-state index < -0.39 is 12.0 Å². The van der Waals surface area contributed by atoms with Crippen molar-refractivity contribution in [3.05, 3.63) is 52.9 Å². The number of carbonyl (C=O) groups is 2. The van der Waals surface area contributed by atoms with Gasteiger partial charge in [-0.15, -0.1) is 0 Å². The molecule has 0 unspecified atom stereocenters. The number of carboxylic acids is 1. The van der Waals surface area contributed by atoms with E-state index in [4.69, 9.17) is 4.52 Å². The van der Waals surface area contributed by atoms with Crippen LogP contribution in [0.4, 0.5) is 0 Å². The number of aryl methyl sites for hydroxylation is 2. The average molecular weight is 316 g/mol. The van der Waals surface area contributed by atoms with Gasteiger partial charge in [-0.25, -0.2) is 4.79 Å². The number of carbonyl (C=O) groups excluding carboxylic acids is 1. The Kier molecular flexibility index (Phi) is 5.51. The molecule has 1 aromatic carbocycles. The molecular weight excluding hydrogens is 296 g/mol.